The van der Waals surface area contributed by atoms with Gasteiger partial charge in [0.1, 0.15) is 0 Å². The van der Waals surface area contributed by atoms with Crippen LogP contribution < -0.4 is 0 Å². The first-order valence-corrected chi connectivity index (χ1v) is 13.7. The molecule has 0 radical (unpaired) electrons. The van der Waals surface area contributed by atoms with Gasteiger partial charge in [-0.3, -0.25) is 19.2 Å². The number of aliphatic carboxylic acids is 2. The molecular formula is C30H38O8. The van der Waals surface area contributed by atoms with Gasteiger partial charge in [-0.25, -0.2) is 0 Å². The molecule has 206 valence electrons. The van der Waals surface area contributed by atoms with E-state index >= 15 is 0 Å². The summed E-state index contributed by atoms with van der Waals surface area (Å²) < 4.78 is 11.7. The molecule has 0 spiro atoms. The summed E-state index contributed by atoms with van der Waals surface area (Å²) in [5, 5.41) is 17.9. The third kappa shape index (κ3) is 4.57. The molecule has 0 aromatic heterocycles. The molecule has 0 heterocycles. The van der Waals surface area contributed by atoms with Crippen LogP contribution in [0.15, 0.2) is 0 Å². The van der Waals surface area contributed by atoms with Crippen molar-refractivity contribution in [2.75, 3.05) is 0 Å². The van der Waals surface area contributed by atoms with Gasteiger partial charge in [0.15, 0.2) is 11.2 Å². The number of carbonyl (C=O) groups is 4. The van der Waals surface area contributed by atoms with Crippen molar-refractivity contribution < 1.29 is 38.9 Å². The van der Waals surface area contributed by atoms with Gasteiger partial charge >= 0.3 is 23.9 Å². The molecule has 0 saturated heterocycles. The minimum Gasteiger partial charge on any atom is -0.481 e. The van der Waals surface area contributed by atoms with Crippen molar-refractivity contribution in [2.24, 2.45) is 34.5 Å². The first-order valence-electron chi connectivity index (χ1n) is 13.7. The number of ether oxygens (including phenoxy) is 2. The number of esters is 2. The fourth-order valence-electron chi connectivity index (χ4n) is 8.81. The van der Waals surface area contributed by atoms with E-state index in [1.165, 1.54) is 0 Å². The second-order valence-electron chi connectivity index (χ2n) is 12.4. The molecular weight excluding hydrogens is 488 g/mol. The fraction of sp³-hybridized carbons (Fsp3) is 0.733. The number of hydrogen-bond acceptors (Lipinski definition) is 6. The van der Waals surface area contributed by atoms with Crippen LogP contribution in [0.4, 0.5) is 0 Å². The van der Waals surface area contributed by atoms with Crippen LogP contribution in [0.3, 0.4) is 0 Å². The monoisotopic (exact) mass is 526 g/mol. The summed E-state index contributed by atoms with van der Waals surface area (Å²) in [6.07, 6.45) is 17.1. The molecule has 8 heteroatoms. The first-order chi connectivity index (χ1) is 17.8. The Balaban J connectivity index is 1.53. The molecule has 4 aliphatic rings. The van der Waals surface area contributed by atoms with Gasteiger partial charge in [-0.15, -0.1) is 12.8 Å². The fourth-order valence-corrected chi connectivity index (χ4v) is 8.81. The van der Waals surface area contributed by atoms with Crippen LogP contribution in [0.2, 0.25) is 0 Å². The number of carboxylic acids is 2. The van der Waals surface area contributed by atoms with E-state index in [1.54, 1.807) is 0 Å². The van der Waals surface area contributed by atoms with E-state index in [0.29, 0.717) is 37.0 Å². The second kappa shape index (κ2) is 9.95. The zero-order valence-corrected chi connectivity index (χ0v) is 22.3. The van der Waals surface area contributed by atoms with Crippen molar-refractivity contribution in [2.45, 2.75) is 102 Å². The predicted octanol–water partition coefficient (Wildman–Crippen LogP) is 4.20. The lowest BCUT2D eigenvalue weighted by Gasteiger charge is -2.58. The second-order valence-corrected chi connectivity index (χ2v) is 12.4. The molecule has 0 amide bonds. The predicted molar refractivity (Wildman–Crippen MR) is 136 cm³/mol. The lowest BCUT2D eigenvalue weighted by atomic mass is 9.47. The van der Waals surface area contributed by atoms with Crippen LogP contribution in [-0.4, -0.2) is 45.3 Å². The molecule has 4 saturated carbocycles. The number of carbonyl (C=O) groups excluding carboxylic acids is 2. The molecule has 4 fully saturated rings. The van der Waals surface area contributed by atoms with Crippen molar-refractivity contribution in [3.05, 3.63) is 0 Å². The Bertz CT molecular complexity index is 1100. The van der Waals surface area contributed by atoms with Crippen LogP contribution in [0.5, 0.6) is 0 Å². The van der Waals surface area contributed by atoms with Gasteiger partial charge in [-0.1, -0.05) is 25.7 Å². The highest BCUT2D eigenvalue weighted by molar-refractivity contribution is 5.77. The molecule has 2 N–H and O–H groups in total. The van der Waals surface area contributed by atoms with Gasteiger partial charge in [-0.05, 0) is 67.6 Å². The lowest BCUT2D eigenvalue weighted by molar-refractivity contribution is -0.175. The maximum Gasteiger partial charge on any atom is 0.307 e. The van der Waals surface area contributed by atoms with Crippen LogP contribution in [0.1, 0.15) is 90.9 Å². The summed E-state index contributed by atoms with van der Waals surface area (Å²) in [5.74, 6) is 3.63. The summed E-state index contributed by atoms with van der Waals surface area (Å²) in [5.41, 5.74) is -2.62. The molecule has 0 aromatic carbocycles. The van der Waals surface area contributed by atoms with Gasteiger partial charge in [-0.2, -0.15) is 0 Å². The normalized spacial score (nSPS) is 40.9. The molecule has 0 aromatic rings. The number of carboxylic acid groups (broad SMARTS) is 2. The minimum absolute atomic E-state index is 0.136. The Kier molecular flexibility index (Phi) is 7.34. The molecule has 8 atom stereocenters. The first kappa shape index (κ1) is 28.0. The zero-order valence-electron chi connectivity index (χ0n) is 22.3. The average molecular weight is 527 g/mol. The lowest BCUT2D eigenvalue weighted by Crippen LogP contribution is -2.55. The smallest absolute Gasteiger partial charge is 0.307 e. The molecule has 8 nitrogen and oxygen atoms in total. The number of rotatable bonds is 8. The Morgan fingerprint density at radius 2 is 1.42 bits per heavy atom. The Morgan fingerprint density at radius 3 is 2.00 bits per heavy atom. The number of terminal acetylenes is 2. The van der Waals surface area contributed by atoms with Crippen molar-refractivity contribution in [1.29, 1.82) is 0 Å². The van der Waals surface area contributed by atoms with Crippen molar-refractivity contribution in [3.8, 4) is 24.7 Å². The molecule has 4 rings (SSSR count). The minimum atomic E-state index is -1.05. The standard InChI is InChI=1S/C30H38O8/c1-5-29(37-25(35)11-9-23(31)32)17-19-7-8-20-21(27(19,3)18-29)13-15-28(4)22(20)14-16-30(28,6-2)38-26(36)12-10-24(33)34/h1-2,19-22H,7-18H2,3-4H3,(H,31,32)(H,33,34)/t19-,20+,21-,22-,27-,28-,29+,30-/m0/s1. The average Bonchev–Trinajstić information content (AvgIpc) is 3.32. The maximum atomic E-state index is 12.6. The number of fused-ring (bicyclic) bond motifs is 5. The van der Waals surface area contributed by atoms with Gasteiger partial charge < -0.3 is 19.7 Å². The SMILES string of the molecule is C#C[C@@]1(OC(=O)CCC(=O)O)C[C@@H]2CC[C@@H]3[C@H](CC[C@@]4(C)[C@H]3CC[C@]4(C#C)OC(=O)CCC(=O)O)[C@@]2(C)C1. The highest BCUT2D eigenvalue weighted by Gasteiger charge is 2.68. The third-order valence-electron chi connectivity index (χ3n) is 10.6. The summed E-state index contributed by atoms with van der Waals surface area (Å²) in [6.45, 7) is 4.39. The van der Waals surface area contributed by atoms with Gasteiger partial charge in [0.2, 0.25) is 0 Å². The summed E-state index contributed by atoms with van der Waals surface area (Å²) in [6, 6.07) is 0. The van der Waals surface area contributed by atoms with E-state index in [1.807, 2.05) is 0 Å². The van der Waals surface area contributed by atoms with E-state index in [9.17, 15) is 19.2 Å². The largest absolute Gasteiger partial charge is 0.481 e. The maximum absolute atomic E-state index is 12.6. The van der Waals surface area contributed by atoms with E-state index in [0.717, 1.165) is 32.1 Å². The third-order valence-corrected chi connectivity index (χ3v) is 10.6. The van der Waals surface area contributed by atoms with Crippen molar-refractivity contribution >= 4 is 23.9 Å². The van der Waals surface area contributed by atoms with Crippen LogP contribution >= 0.6 is 0 Å². The Morgan fingerprint density at radius 1 is 0.816 bits per heavy atom. The summed E-state index contributed by atoms with van der Waals surface area (Å²) >= 11 is 0. The van der Waals surface area contributed by atoms with Crippen molar-refractivity contribution in [1.82, 2.24) is 0 Å². The topological polar surface area (TPSA) is 127 Å². The highest BCUT2D eigenvalue weighted by atomic mass is 16.6. The van der Waals surface area contributed by atoms with E-state index < -0.39 is 40.5 Å². The number of hydrogen-bond donors (Lipinski definition) is 2. The quantitative estimate of drug-likeness (QED) is 0.356. The van der Waals surface area contributed by atoms with Gasteiger partial charge in [0.25, 0.3) is 0 Å². The Labute approximate surface area is 224 Å². The van der Waals surface area contributed by atoms with E-state index in [2.05, 4.69) is 25.7 Å². The van der Waals surface area contributed by atoms with Crippen molar-refractivity contribution in [3.63, 3.8) is 0 Å². The summed E-state index contributed by atoms with van der Waals surface area (Å²) in [7, 11) is 0. The Hall–Kier alpha value is -3.00. The molecule has 4 aliphatic carbocycles. The summed E-state index contributed by atoms with van der Waals surface area (Å²) in [4.78, 5) is 46.9. The van der Waals surface area contributed by atoms with Gasteiger partial charge in [0, 0.05) is 18.3 Å². The van der Waals surface area contributed by atoms with E-state index in [4.69, 9.17) is 32.5 Å². The zero-order chi connectivity index (χ0) is 27.9. The molecule has 0 aliphatic heterocycles. The molecule has 38 heavy (non-hydrogen) atoms. The van der Waals surface area contributed by atoms with Crippen LogP contribution in [0.25, 0.3) is 0 Å². The molecule has 0 bridgehead atoms. The van der Waals surface area contributed by atoms with Gasteiger partial charge in [0.05, 0.1) is 25.7 Å². The van der Waals surface area contributed by atoms with Crippen LogP contribution in [-0.2, 0) is 28.7 Å². The highest BCUT2D eigenvalue weighted by Crippen LogP contribution is 2.70. The molecule has 0 unspecified atom stereocenters. The van der Waals surface area contributed by atoms with E-state index in [-0.39, 0.29) is 37.0 Å². The van der Waals surface area contributed by atoms with Crippen LogP contribution in [0, 0.1) is 59.2 Å².